The summed E-state index contributed by atoms with van der Waals surface area (Å²) in [4.78, 5) is 27.1. The van der Waals surface area contributed by atoms with E-state index < -0.39 is 12.0 Å². The highest BCUT2D eigenvalue weighted by Gasteiger charge is 2.20. The molecule has 0 aliphatic rings. The number of aryl methyl sites for hydroxylation is 1. The number of carboxylic acid groups (broad SMARTS) is 1. The molecule has 0 fully saturated rings. The lowest BCUT2D eigenvalue weighted by atomic mass is 9.98. The third kappa shape index (κ3) is 3.89. The number of aromatic nitrogens is 1. The van der Waals surface area contributed by atoms with Gasteiger partial charge in [0.15, 0.2) is 0 Å². The van der Waals surface area contributed by atoms with Crippen LogP contribution in [-0.4, -0.2) is 22.0 Å². The number of hydrogen-bond donors (Lipinski definition) is 2. The van der Waals surface area contributed by atoms with Gasteiger partial charge in [-0.3, -0.25) is 14.6 Å². The molecule has 0 radical (unpaired) electrons. The smallest absolute Gasteiger partial charge is 0.305 e. The number of rotatable bonds is 5. The summed E-state index contributed by atoms with van der Waals surface area (Å²) in [6, 6.07) is 10.0. The van der Waals surface area contributed by atoms with Crippen LogP contribution >= 0.6 is 0 Å². The van der Waals surface area contributed by atoms with Crippen molar-refractivity contribution < 1.29 is 14.7 Å². The van der Waals surface area contributed by atoms with Crippen LogP contribution in [0.25, 0.3) is 0 Å². The number of nitrogens with zero attached hydrogens (tertiary/aromatic N) is 1. The largest absolute Gasteiger partial charge is 0.481 e. The van der Waals surface area contributed by atoms with Crippen LogP contribution < -0.4 is 5.32 Å². The molecule has 21 heavy (non-hydrogen) atoms. The molecule has 0 aliphatic carbocycles. The molecular formula is C16H16N2O3. The van der Waals surface area contributed by atoms with Gasteiger partial charge < -0.3 is 10.4 Å². The minimum absolute atomic E-state index is 0.165. The van der Waals surface area contributed by atoms with Crippen LogP contribution in [0.2, 0.25) is 0 Å². The van der Waals surface area contributed by atoms with E-state index in [-0.39, 0.29) is 12.3 Å². The molecular weight excluding hydrogens is 268 g/mol. The van der Waals surface area contributed by atoms with E-state index >= 15 is 0 Å². The fourth-order valence-electron chi connectivity index (χ4n) is 2.14. The van der Waals surface area contributed by atoms with Crippen molar-refractivity contribution in [2.45, 2.75) is 19.4 Å². The molecule has 1 aromatic carbocycles. The second-order valence-corrected chi connectivity index (χ2v) is 4.72. The average molecular weight is 284 g/mol. The summed E-state index contributed by atoms with van der Waals surface area (Å²) in [5.74, 6) is -1.27. The molecule has 0 saturated heterocycles. The first-order chi connectivity index (χ1) is 10.1. The summed E-state index contributed by atoms with van der Waals surface area (Å²) in [6.07, 6.45) is 2.88. The number of pyridine rings is 1. The van der Waals surface area contributed by atoms with Crippen LogP contribution in [0.3, 0.4) is 0 Å². The molecule has 0 spiro atoms. The standard InChI is InChI=1S/C16H16N2O3/c1-11-4-2-3-5-13(11)14(10-15(19)20)18-16(21)12-6-8-17-9-7-12/h2-9,14H,10H2,1H3,(H,18,21)(H,19,20)/t14-/m0/s1. The molecule has 0 saturated carbocycles. The van der Waals surface area contributed by atoms with Gasteiger partial charge in [-0.1, -0.05) is 24.3 Å². The molecule has 1 atom stereocenters. The average Bonchev–Trinajstić information content (AvgIpc) is 2.47. The van der Waals surface area contributed by atoms with Gasteiger partial charge in [-0.15, -0.1) is 0 Å². The molecule has 0 unspecified atom stereocenters. The fourth-order valence-corrected chi connectivity index (χ4v) is 2.14. The summed E-state index contributed by atoms with van der Waals surface area (Å²) >= 11 is 0. The van der Waals surface area contributed by atoms with Crippen molar-refractivity contribution >= 4 is 11.9 Å². The van der Waals surface area contributed by atoms with E-state index in [4.69, 9.17) is 5.11 Å². The van der Waals surface area contributed by atoms with E-state index in [0.717, 1.165) is 11.1 Å². The Labute approximate surface area is 122 Å². The van der Waals surface area contributed by atoms with E-state index in [2.05, 4.69) is 10.3 Å². The lowest BCUT2D eigenvalue weighted by molar-refractivity contribution is -0.137. The van der Waals surface area contributed by atoms with E-state index in [9.17, 15) is 9.59 Å². The van der Waals surface area contributed by atoms with Crippen LogP contribution in [0.1, 0.15) is 33.9 Å². The zero-order valence-electron chi connectivity index (χ0n) is 11.6. The highest BCUT2D eigenvalue weighted by atomic mass is 16.4. The van der Waals surface area contributed by atoms with Gasteiger partial charge in [0.05, 0.1) is 12.5 Å². The van der Waals surface area contributed by atoms with Crippen molar-refractivity contribution in [3.05, 3.63) is 65.5 Å². The van der Waals surface area contributed by atoms with Crippen LogP contribution in [-0.2, 0) is 4.79 Å². The normalized spacial score (nSPS) is 11.7. The predicted molar refractivity (Wildman–Crippen MR) is 77.9 cm³/mol. The highest BCUT2D eigenvalue weighted by molar-refractivity contribution is 5.94. The Morgan fingerprint density at radius 1 is 1.19 bits per heavy atom. The molecule has 1 aromatic heterocycles. The third-order valence-corrected chi connectivity index (χ3v) is 3.19. The van der Waals surface area contributed by atoms with Crippen molar-refractivity contribution in [3.63, 3.8) is 0 Å². The second-order valence-electron chi connectivity index (χ2n) is 4.72. The Balaban J connectivity index is 2.23. The van der Waals surface area contributed by atoms with Gasteiger partial charge in [-0.05, 0) is 30.2 Å². The number of benzene rings is 1. The first-order valence-electron chi connectivity index (χ1n) is 6.56. The Hall–Kier alpha value is -2.69. The summed E-state index contributed by atoms with van der Waals surface area (Å²) in [7, 11) is 0. The Morgan fingerprint density at radius 2 is 1.86 bits per heavy atom. The highest BCUT2D eigenvalue weighted by Crippen LogP contribution is 2.21. The van der Waals surface area contributed by atoms with Gasteiger partial charge in [0.1, 0.15) is 0 Å². The SMILES string of the molecule is Cc1ccccc1[C@H](CC(=O)O)NC(=O)c1ccncc1. The van der Waals surface area contributed by atoms with Crippen molar-refractivity contribution in [3.8, 4) is 0 Å². The first kappa shape index (κ1) is 14.7. The maximum Gasteiger partial charge on any atom is 0.305 e. The third-order valence-electron chi connectivity index (χ3n) is 3.19. The Kier molecular flexibility index (Phi) is 4.66. The van der Waals surface area contributed by atoms with Crippen LogP contribution in [0.4, 0.5) is 0 Å². The van der Waals surface area contributed by atoms with E-state index in [0.29, 0.717) is 5.56 Å². The molecule has 108 valence electrons. The lowest BCUT2D eigenvalue weighted by Crippen LogP contribution is -2.30. The van der Waals surface area contributed by atoms with Gasteiger partial charge in [0.2, 0.25) is 0 Å². The fraction of sp³-hybridized carbons (Fsp3) is 0.188. The van der Waals surface area contributed by atoms with Crippen LogP contribution in [0.5, 0.6) is 0 Å². The van der Waals surface area contributed by atoms with Gasteiger partial charge in [-0.2, -0.15) is 0 Å². The zero-order chi connectivity index (χ0) is 15.2. The van der Waals surface area contributed by atoms with Crippen LogP contribution in [0.15, 0.2) is 48.8 Å². The number of hydrogen-bond acceptors (Lipinski definition) is 3. The predicted octanol–water partition coefficient (Wildman–Crippen LogP) is 2.34. The van der Waals surface area contributed by atoms with E-state index in [1.165, 1.54) is 12.4 Å². The summed E-state index contributed by atoms with van der Waals surface area (Å²) in [6.45, 7) is 1.89. The number of amides is 1. The topological polar surface area (TPSA) is 79.3 Å². The summed E-state index contributed by atoms with van der Waals surface area (Å²) in [5.41, 5.74) is 2.20. The number of carbonyl (C=O) groups is 2. The molecule has 0 bridgehead atoms. The molecule has 2 aromatic rings. The number of nitrogens with one attached hydrogen (secondary N) is 1. The van der Waals surface area contributed by atoms with Crippen molar-refractivity contribution in [2.75, 3.05) is 0 Å². The first-order valence-corrected chi connectivity index (χ1v) is 6.56. The minimum atomic E-state index is -0.960. The van der Waals surface area contributed by atoms with Crippen molar-refractivity contribution in [1.82, 2.24) is 10.3 Å². The minimum Gasteiger partial charge on any atom is -0.481 e. The van der Waals surface area contributed by atoms with Gasteiger partial charge in [0, 0.05) is 18.0 Å². The van der Waals surface area contributed by atoms with E-state index in [1.54, 1.807) is 12.1 Å². The number of carbonyl (C=O) groups excluding carboxylic acids is 1. The summed E-state index contributed by atoms with van der Waals surface area (Å²) in [5, 5.41) is 11.8. The van der Waals surface area contributed by atoms with Gasteiger partial charge >= 0.3 is 5.97 Å². The molecule has 5 heteroatoms. The monoisotopic (exact) mass is 284 g/mol. The molecule has 0 aliphatic heterocycles. The second kappa shape index (κ2) is 6.65. The van der Waals surface area contributed by atoms with Gasteiger partial charge in [0.25, 0.3) is 5.91 Å². The van der Waals surface area contributed by atoms with Gasteiger partial charge in [-0.25, -0.2) is 0 Å². The quantitative estimate of drug-likeness (QED) is 0.883. The van der Waals surface area contributed by atoms with Crippen molar-refractivity contribution in [2.24, 2.45) is 0 Å². The molecule has 5 nitrogen and oxygen atoms in total. The van der Waals surface area contributed by atoms with E-state index in [1.807, 2.05) is 31.2 Å². The maximum atomic E-state index is 12.2. The number of carboxylic acids is 1. The van der Waals surface area contributed by atoms with Crippen LogP contribution in [0, 0.1) is 6.92 Å². The Morgan fingerprint density at radius 3 is 2.48 bits per heavy atom. The molecule has 1 heterocycles. The maximum absolute atomic E-state index is 12.2. The molecule has 2 N–H and O–H groups in total. The number of aliphatic carboxylic acids is 1. The molecule has 1 amide bonds. The Bertz CT molecular complexity index is 641. The van der Waals surface area contributed by atoms with Crippen molar-refractivity contribution in [1.29, 1.82) is 0 Å². The lowest BCUT2D eigenvalue weighted by Gasteiger charge is -2.19. The zero-order valence-corrected chi connectivity index (χ0v) is 11.6. The molecule has 2 rings (SSSR count). The summed E-state index contributed by atoms with van der Waals surface area (Å²) < 4.78 is 0.